The van der Waals surface area contributed by atoms with E-state index in [1.165, 1.54) is 37.3 Å². The number of hydrogen-bond donors (Lipinski definition) is 5. The minimum Gasteiger partial charge on any atom is -0.482 e. The molecule has 4 bridgehead atoms. The van der Waals surface area contributed by atoms with E-state index < -0.39 is 89.3 Å². The average molecular weight is 911 g/mol. The van der Waals surface area contributed by atoms with Gasteiger partial charge in [-0.2, -0.15) is 0 Å². The number of aliphatic carboxylic acids is 1. The molecule has 15 heteroatoms. The average Bonchev–Trinajstić information content (AvgIpc) is 3.41. The molecular weight excluding hydrogens is 853 g/mol. The SMILES string of the molecule is CC(C)=CCC[C@]1(C)C=Cc2c(c(CC=C(C)C)c3c(c2OC(=O)c2ccc(O[C@@H]4O[C@H](CO)[C@@H](O)[C@@H](O)[C@H]4O)cc2)C(=O)C2=C[C@@H]4C[C@H]5C(C)(C)O[C@@](C/C=C(/C)C(=O)O)(C4=O)[C@@]25O3)O1. The van der Waals surface area contributed by atoms with Crippen molar-refractivity contribution in [2.75, 3.05) is 6.61 Å². The number of aliphatic hydroxyl groups is 4. The molecule has 3 fully saturated rings. The summed E-state index contributed by atoms with van der Waals surface area (Å²) in [5.41, 5.74) is -2.20. The lowest BCUT2D eigenvalue weighted by atomic mass is 9.51. The standard InChI is InChI=1S/C51H58O15/c1-25(2)10-9-19-49(8)20-18-32-41(64-49)31(16-11-26(3)4)43-36(42(32)63-46(60)28-12-14-30(15-13-28)61-47-40(56)39(55)38(54)34(24-52)62-47)37(53)33-22-29-23-35-48(6,7)66-50(44(29)57,51(33,35)65-43)21-17-27(5)45(58)59/h10-15,17-18,20,22,29,34-35,38-40,47,52,54-56H,9,16,19,21,23-24H2,1-8H3,(H,58,59)/b27-17-/t29-,34-,35+,38-,39-,40-,47-,49-,50+,51-/m1/s1. The Morgan fingerprint density at radius 3 is 2.24 bits per heavy atom. The van der Waals surface area contributed by atoms with Gasteiger partial charge in [0.1, 0.15) is 52.8 Å². The third kappa shape index (κ3) is 7.63. The zero-order valence-electron chi connectivity index (χ0n) is 38.4. The predicted molar refractivity (Wildman–Crippen MR) is 238 cm³/mol. The Morgan fingerprint density at radius 1 is 0.894 bits per heavy atom. The summed E-state index contributed by atoms with van der Waals surface area (Å²) < 4.78 is 38.7. The van der Waals surface area contributed by atoms with E-state index in [1.807, 2.05) is 60.6 Å². The zero-order valence-corrected chi connectivity index (χ0v) is 38.4. The molecule has 2 saturated heterocycles. The van der Waals surface area contributed by atoms with E-state index >= 15 is 4.79 Å². The molecule has 352 valence electrons. The van der Waals surface area contributed by atoms with Crippen molar-refractivity contribution in [3.8, 4) is 23.0 Å². The molecule has 2 aromatic carbocycles. The highest BCUT2D eigenvalue weighted by Crippen LogP contribution is 2.69. The number of benzene rings is 2. The molecule has 15 nitrogen and oxygen atoms in total. The normalized spacial score (nSPS) is 32.2. The molecule has 0 amide bonds. The van der Waals surface area contributed by atoms with Crippen LogP contribution in [0.5, 0.6) is 23.0 Å². The van der Waals surface area contributed by atoms with Crippen LogP contribution in [0.2, 0.25) is 0 Å². The molecule has 1 spiro atoms. The van der Waals surface area contributed by atoms with Crippen molar-refractivity contribution in [3.05, 3.63) is 99.2 Å². The number of allylic oxidation sites excluding steroid dienone is 5. The van der Waals surface area contributed by atoms with Gasteiger partial charge in [0.25, 0.3) is 0 Å². The third-order valence-electron chi connectivity index (χ3n) is 13.8. The topological polar surface area (TPSA) is 225 Å². The summed E-state index contributed by atoms with van der Waals surface area (Å²) in [6.07, 6.45) is 4.97. The summed E-state index contributed by atoms with van der Waals surface area (Å²) in [5.74, 6) is -3.72. The minimum atomic E-state index is -1.78. The largest absolute Gasteiger partial charge is 0.482 e. The molecule has 66 heavy (non-hydrogen) atoms. The summed E-state index contributed by atoms with van der Waals surface area (Å²) in [4.78, 5) is 56.8. The number of carbonyl (C=O) groups excluding carboxylic acids is 3. The number of hydrogen-bond acceptors (Lipinski definition) is 14. The van der Waals surface area contributed by atoms with Crippen molar-refractivity contribution in [2.45, 2.75) is 141 Å². The van der Waals surface area contributed by atoms with Gasteiger partial charge in [-0.05, 0) is 117 Å². The number of ketones is 2. The second-order valence-corrected chi connectivity index (χ2v) is 19.5. The lowest BCUT2D eigenvalue weighted by Gasteiger charge is -2.56. The number of ether oxygens (including phenoxy) is 6. The highest BCUT2D eigenvalue weighted by atomic mass is 16.7. The molecular formula is C51H58O15. The Morgan fingerprint density at radius 2 is 1.59 bits per heavy atom. The Kier molecular flexibility index (Phi) is 12.1. The third-order valence-corrected chi connectivity index (χ3v) is 13.8. The Labute approximate surface area is 383 Å². The van der Waals surface area contributed by atoms with Crippen LogP contribution in [-0.2, 0) is 25.5 Å². The van der Waals surface area contributed by atoms with Crippen LogP contribution in [0.1, 0.15) is 113 Å². The molecule has 5 N–H and O–H groups in total. The van der Waals surface area contributed by atoms with Crippen molar-refractivity contribution in [3.63, 3.8) is 0 Å². The first-order valence-corrected chi connectivity index (χ1v) is 22.4. The van der Waals surface area contributed by atoms with Gasteiger partial charge >= 0.3 is 11.9 Å². The number of carboxylic acid groups (broad SMARTS) is 1. The van der Waals surface area contributed by atoms with Crippen molar-refractivity contribution in [2.24, 2.45) is 11.8 Å². The summed E-state index contributed by atoms with van der Waals surface area (Å²) in [5, 5.41) is 50.4. The highest BCUT2D eigenvalue weighted by molar-refractivity contribution is 6.19. The van der Waals surface area contributed by atoms with Crippen molar-refractivity contribution in [1.29, 1.82) is 0 Å². The quantitative estimate of drug-likeness (QED) is 0.0680. The van der Waals surface area contributed by atoms with Crippen molar-refractivity contribution >= 4 is 29.6 Å². The zero-order chi connectivity index (χ0) is 47.8. The Balaban J connectivity index is 1.27. The Hall–Kier alpha value is -5.42. The molecule has 10 atom stereocenters. The fourth-order valence-corrected chi connectivity index (χ4v) is 10.4. The number of Topliss-reactive ketones (excluding diaryl/α,β-unsaturated/α-hetero) is 2. The van der Waals surface area contributed by atoms with Crippen LogP contribution in [0, 0.1) is 11.8 Å². The summed E-state index contributed by atoms with van der Waals surface area (Å²) in [7, 11) is 0. The van der Waals surface area contributed by atoms with Gasteiger partial charge in [0, 0.05) is 35.0 Å². The molecule has 0 radical (unpaired) electrons. The monoisotopic (exact) mass is 910 g/mol. The second kappa shape index (κ2) is 17.0. The van der Waals surface area contributed by atoms with E-state index in [-0.39, 0.29) is 58.1 Å². The first-order chi connectivity index (χ1) is 31.1. The molecule has 3 aliphatic carbocycles. The molecule has 9 rings (SSSR count). The summed E-state index contributed by atoms with van der Waals surface area (Å²) >= 11 is 0. The van der Waals surface area contributed by atoms with Crippen LogP contribution in [0.15, 0.2) is 76.9 Å². The summed E-state index contributed by atoms with van der Waals surface area (Å²) in [6.45, 7) is 14.4. The van der Waals surface area contributed by atoms with Crippen LogP contribution in [0.25, 0.3) is 6.08 Å². The van der Waals surface area contributed by atoms with Crippen LogP contribution in [-0.4, -0.2) is 109 Å². The summed E-state index contributed by atoms with van der Waals surface area (Å²) in [6, 6.07) is 5.60. The maximum atomic E-state index is 15.7. The maximum Gasteiger partial charge on any atom is 0.343 e. The lowest BCUT2D eigenvalue weighted by Crippen LogP contribution is -2.72. The molecule has 4 heterocycles. The predicted octanol–water partition coefficient (Wildman–Crippen LogP) is 5.93. The lowest BCUT2D eigenvalue weighted by molar-refractivity contribution is -0.277. The molecule has 0 aromatic heterocycles. The van der Waals surface area contributed by atoms with Crippen LogP contribution in [0.4, 0.5) is 0 Å². The van der Waals surface area contributed by atoms with Gasteiger partial charge in [-0.3, -0.25) is 9.59 Å². The van der Waals surface area contributed by atoms with E-state index in [4.69, 9.17) is 28.4 Å². The van der Waals surface area contributed by atoms with Crippen LogP contribution in [0.3, 0.4) is 0 Å². The molecule has 4 aliphatic heterocycles. The van der Waals surface area contributed by atoms with Gasteiger partial charge in [0.2, 0.25) is 6.29 Å². The highest BCUT2D eigenvalue weighted by Gasteiger charge is 2.81. The molecule has 1 saturated carbocycles. The van der Waals surface area contributed by atoms with Gasteiger partial charge in [-0.25, -0.2) is 9.59 Å². The van der Waals surface area contributed by atoms with Crippen LogP contribution < -0.4 is 18.9 Å². The van der Waals surface area contributed by atoms with Crippen LogP contribution >= 0.6 is 0 Å². The van der Waals surface area contributed by atoms with E-state index in [1.54, 1.807) is 12.2 Å². The van der Waals surface area contributed by atoms with Gasteiger partial charge in [0.15, 0.2) is 28.5 Å². The van der Waals surface area contributed by atoms with Crippen molar-refractivity contribution in [1.82, 2.24) is 0 Å². The number of aliphatic hydroxyl groups excluding tert-OH is 4. The first-order valence-electron chi connectivity index (χ1n) is 22.4. The van der Waals surface area contributed by atoms with E-state index in [9.17, 15) is 39.9 Å². The molecule has 0 unspecified atom stereocenters. The van der Waals surface area contributed by atoms with E-state index in [0.717, 1.165) is 11.1 Å². The number of esters is 1. The van der Waals surface area contributed by atoms with Gasteiger partial charge in [0.05, 0.1) is 23.3 Å². The Bertz CT molecular complexity index is 2520. The fraction of sp³-hybridized carbons (Fsp3) is 0.490. The van der Waals surface area contributed by atoms with Gasteiger partial charge in [-0.1, -0.05) is 35.5 Å². The molecule has 2 aromatic rings. The van der Waals surface area contributed by atoms with E-state index in [0.29, 0.717) is 36.1 Å². The van der Waals surface area contributed by atoms with Crippen molar-refractivity contribution < 1.29 is 73.1 Å². The first kappa shape index (κ1) is 47.1. The number of fused-ring (bicyclic) bond motifs is 2. The van der Waals surface area contributed by atoms with Gasteiger partial charge < -0.3 is 54.0 Å². The maximum absolute atomic E-state index is 15.7. The molecule has 7 aliphatic rings. The van der Waals surface area contributed by atoms with E-state index in [2.05, 4.69) is 6.08 Å². The smallest absolute Gasteiger partial charge is 0.343 e. The minimum absolute atomic E-state index is 0.00141. The van der Waals surface area contributed by atoms with Gasteiger partial charge in [-0.15, -0.1) is 0 Å². The number of carboxylic acids is 1. The fourth-order valence-electron chi connectivity index (χ4n) is 10.4. The second-order valence-electron chi connectivity index (χ2n) is 19.5. The number of rotatable bonds is 13. The number of carbonyl (C=O) groups is 4.